The summed E-state index contributed by atoms with van der Waals surface area (Å²) < 4.78 is 19.0. The second-order valence-corrected chi connectivity index (χ2v) is 5.46. The minimum Gasteiger partial charge on any atom is -0.460 e. The van der Waals surface area contributed by atoms with E-state index in [1.807, 2.05) is 6.07 Å². The molecule has 3 rings (SSSR count). The molecule has 0 unspecified atom stereocenters. The van der Waals surface area contributed by atoms with Crippen LogP contribution in [0.15, 0.2) is 57.7 Å². The highest BCUT2D eigenvalue weighted by Gasteiger charge is 2.15. The van der Waals surface area contributed by atoms with E-state index >= 15 is 0 Å². The Labute approximate surface area is 129 Å². The number of aryl methyl sites for hydroxylation is 1. The van der Waals surface area contributed by atoms with E-state index in [0.717, 1.165) is 0 Å². The van der Waals surface area contributed by atoms with Gasteiger partial charge in [-0.1, -0.05) is 40.2 Å². The standard InChI is InChI=1S/C17H12BrFO2/c18-10-9-15-16(11-5-7-12(19)8-6-11)17(20)13-3-1-2-4-14(13)21-15/h1-8H,9-10H2. The van der Waals surface area contributed by atoms with Crippen molar-refractivity contribution in [3.8, 4) is 11.1 Å². The van der Waals surface area contributed by atoms with Gasteiger partial charge in [0.1, 0.15) is 17.2 Å². The predicted octanol–water partition coefficient (Wildman–Crippen LogP) is 4.54. The summed E-state index contributed by atoms with van der Waals surface area (Å²) in [6.07, 6.45) is 0.590. The molecule has 0 radical (unpaired) electrons. The van der Waals surface area contributed by atoms with Crippen LogP contribution in [0.1, 0.15) is 5.76 Å². The van der Waals surface area contributed by atoms with Crippen molar-refractivity contribution in [2.24, 2.45) is 0 Å². The highest BCUT2D eigenvalue weighted by Crippen LogP contribution is 2.25. The van der Waals surface area contributed by atoms with E-state index in [4.69, 9.17) is 4.42 Å². The van der Waals surface area contributed by atoms with Crippen LogP contribution in [0.4, 0.5) is 4.39 Å². The van der Waals surface area contributed by atoms with Crippen molar-refractivity contribution < 1.29 is 8.81 Å². The fourth-order valence-corrected chi connectivity index (χ4v) is 2.72. The number of alkyl halides is 1. The summed E-state index contributed by atoms with van der Waals surface area (Å²) in [6, 6.07) is 13.1. The van der Waals surface area contributed by atoms with Crippen LogP contribution in [-0.4, -0.2) is 5.33 Å². The first-order valence-corrected chi connectivity index (χ1v) is 7.69. The zero-order valence-electron chi connectivity index (χ0n) is 11.1. The lowest BCUT2D eigenvalue weighted by molar-refractivity contribution is 0.548. The minimum absolute atomic E-state index is 0.0839. The van der Waals surface area contributed by atoms with E-state index in [1.54, 1.807) is 30.3 Å². The van der Waals surface area contributed by atoms with Gasteiger partial charge in [0.2, 0.25) is 5.43 Å². The Balaban J connectivity index is 2.33. The van der Waals surface area contributed by atoms with Gasteiger partial charge in [-0.25, -0.2) is 4.39 Å². The van der Waals surface area contributed by atoms with Crippen molar-refractivity contribution in [3.05, 3.63) is 70.3 Å². The molecule has 0 atom stereocenters. The maximum Gasteiger partial charge on any atom is 0.200 e. The zero-order chi connectivity index (χ0) is 14.8. The van der Waals surface area contributed by atoms with Crippen LogP contribution in [-0.2, 0) is 6.42 Å². The van der Waals surface area contributed by atoms with E-state index < -0.39 is 0 Å². The first-order chi connectivity index (χ1) is 10.2. The summed E-state index contributed by atoms with van der Waals surface area (Å²) in [5.74, 6) is 0.285. The highest BCUT2D eigenvalue weighted by atomic mass is 79.9. The van der Waals surface area contributed by atoms with Gasteiger partial charge in [0.15, 0.2) is 0 Å². The molecular weight excluding hydrogens is 335 g/mol. The molecule has 0 N–H and O–H groups in total. The van der Waals surface area contributed by atoms with Crippen LogP contribution in [0, 0.1) is 5.82 Å². The van der Waals surface area contributed by atoms with E-state index in [-0.39, 0.29) is 11.2 Å². The molecule has 0 amide bonds. The zero-order valence-corrected chi connectivity index (χ0v) is 12.7. The normalized spacial score (nSPS) is 11.0. The molecule has 2 nitrogen and oxygen atoms in total. The first kappa shape index (κ1) is 14.0. The lowest BCUT2D eigenvalue weighted by atomic mass is 10.0. The molecule has 106 valence electrons. The summed E-state index contributed by atoms with van der Waals surface area (Å²) >= 11 is 3.37. The highest BCUT2D eigenvalue weighted by molar-refractivity contribution is 9.09. The lowest BCUT2D eigenvalue weighted by Gasteiger charge is -2.09. The van der Waals surface area contributed by atoms with Gasteiger partial charge in [0, 0.05) is 11.8 Å². The molecule has 1 heterocycles. The van der Waals surface area contributed by atoms with Gasteiger partial charge < -0.3 is 4.42 Å². The Kier molecular flexibility index (Phi) is 3.88. The van der Waals surface area contributed by atoms with Gasteiger partial charge in [-0.3, -0.25) is 4.79 Å². The summed E-state index contributed by atoms with van der Waals surface area (Å²) in [7, 11) is 0. The van der Waals surface area contributed by atoms with Gasteiger partial charge >= 0.3 is 0 Å². The van der Waals surface area contributed by atoms with Gasteiger partial charge in [-0.2, -0.15) is 0 Å². The maximum absolute atomic E-state index is 13.1. The van der Waals surface area contributed by atoms with Crippen molar-refractivity contribution in [2.75, 3.05) is 5.33 Å². The van der Waals surface area contributed by atoms with Gasteiger partial charge in [0.25, 0.3) is 0 Å². The lowest BCUT2D eigenvalue weighted by Crippen LogP contribution is -2.09. The molecule has 1 aromatic heterocycles. The molecule has 0 spiro atoms. The SMILES string of the molecule is O=c1c(-c2ccc(F)cc2)c(CCBr)oc2ccccc12. The van der Waals surface area contributed by atoms with Crippen molar-refractivity contribution in [2.45, 2.75) is 6.42 Å². The molecule has 21 heavy (non-hydrogen) atoms. The number of hydrogen-bond donors (Lipinski definition) is 0. The topological polar surface area (TPSA) is 30.2 Å². The molecule has 4 heteroatoms. The number of rotatable bonds is 3. The largest absolute Gasteiger partial charge is 0.460 e. The number of hydrogen-bond acceptors (Lipinski definition) is 2. The Hall–Kier alpha value is -1.94. The summed E-state index contributed by atoms with van der Waals surface area (Å²) in [5.41, 5.74) is 1.67. The molecule has 0 aliphatic carbocycles. The molecule has 2 aromatic carbocycles. The molecule has 0 saturated heterocycles. The first-order valence-electron chi connectivity index (χ1n) is 6.57. The van der Waals surface area contributed by atoms with Crippen LogP contribution >= 0.6 is 15.9 Å². The van der Waals surface area contributed by atoms with Crippen molar-refractivity contribution in [1.29, 1.82) is 0 Å². The van der Waals surface area contributed by atoms with Crippen molar-refractivity contribution >= 4 is 26.9 Å². The van der Waals surface area contributed by atoms with E-state index in [0.29, 0.717) is 39.6 Å². The van der Waals surface area contributed by atoms with E-state index in [9.17, 15) is 9.18 Å². The van der Waals surface area contributed by atoms with Crippen LogP contribution in [0.3, 0.4) is 0 Å². The summed E-state index contributed by atoms with van der Waals surface area (Å²) in [6.45, 7) is 0. The molecule has 0 saturated carbocycles. The predicted molar refractivity (Wildman–Crippen MR) is 85.4 cm³/mol. The molecular formula is C17H12BrFO2. The van der Waals surface area contributed by atoms with E-state index in [2.05, 4.69) is 15.9 Å². The smallest absolute Gasteiger partial charge is 0.200 e. The Bertz CT molecular complexity index is 838. The number of para-hydroxylation sites is 1. The van der Waals surface area contributed by atoms with Crippen LogP contribution in [0.2, 0.25) is 0 Å². The summed E-state index contributed by atoms with van der Waals surface area (Å²) in [4.78, 5) is 12.7. The third-order valence-electron chi connectivity index (χ3n) is 3.33. The minimum atomic E-state index is -0.328. The number of fused-ring (bicyclic) bond motifs is 1. The van der Waals surface area contributed by atoms with Crippen molar-refractivity contribution in [3.63, 3.8) is 0 Å². The van der Waals surface area contributed by atoms with Gasteiger partial charge in [0.05, 0.1) is 10.9 Å². The maximum atomic E-state index is 13.1. The van der Waals surface area contributed by atoms with Gasteiger partial charge in [-0.15, -0.1) is 0 Å². The molecule has 0 aliphatic rings. The second kappa shape index (κ2) is 5.82. The third kappa shape index (κ3) is 2.63. The average Bonchev–Trinajstić information content (AvgIpc) is 2.49. The Morgan fingerprint density at radius 1 is 1.05 bits per heavy atom. The molecule has 0 fully saturated rings. The van der Waals surface area contributed by atoms with Crippen LogP contribution in [0.5, 0.6) is 0 Å². The van der Waals surface area contributed by atoms with Gasteiger partial charge in [-0.05, 0) is 29.8 Å². The quantitative estimate of drug-likeness (QED) is 0.652. The average molecular weight is 347 g/mol. The molecule has 0 aliphatic heterocycles. The molecule has 3 aromatic rings. The fraction of sp³-hybridized carbons (Fsp3) is 0.118. The van der Waals surface area contributed by atoms with Crippen molar-refractivity contribution in [1.82, 2.24) is 0 Å². The third-order valence-corrected chi connectivity index (χ3v) is 3.72. The van der Waals surface area contributed by atoms with E-state index in [1.165, 1.54) is 12.1 Å². The molecule has 0 bridgehead atoms. The fourth-order valence-electron chi connectivity index (χ4n) is 2.36. The Morgan fingerprint density at radius 2 is 1.76 bits per heavy atom. The number of benzene rings is 2. The Morgan fingerprint density at radius 3 is 2.48 bits per heavy atom. The monoisotopic (exact) mass is 346 g/mol. The summed E-state index contributed by atoms with van der Waals surface area (Å²) in [5, 5.41) is 1.22. The number of halogens is 2. The second-order valence-electron chi connectivity index (χ2n) is 4.67. The van der Waals surface area contributed by atoms with Crippen LogP contribution < -0.4 is 5.43 Å². The van der Waals surface area contributed by atoms with Crippen LogP contribution in [0.25, 0.3) is 22.1 Å².